The van der Waals surface area contributed by atoms with Crippen molar-refractivity contribution < 1.29 is 9.32 Å². The summed E-state index contributed by atoms with van der Waals surface area (Å²) in [5.74, 6) is 0.653. The normalized spacial score (nSPS) is 18.1. The predicted octanol–water partition coefficient (Wildman–Crippen LogP) is 1.98. The Morgan fingerprint density at radius 1 is 1.60 bits per heavy atom. The summed E-state index contributed by atoms with van der Waals surface area (Å²) in [4.78, 5) is 14.3. The molecule has 1 aliphatic rings. The monoisotopic (exact) mass is 272 g/mol. The Hall–Kier alpha value is -0.840. The van der Waals surface area contributed by atoms with Gasteiger partial charge in [0.2, 0.25) is 0 Å². The van der Waals surface area contributed by atoms with Gasteiger partial charge in [-0.05, 0) is 19.8 Å². The number of carbonyl (C=O) groups excluding carboxylic acids is 1. The van der Waals surface area contributed by atoms with Gasteiger partial charge in [0.1, 0.15) is 5.76 Å². The van der Waals surface area contributed by atoms with Crippen LogP contribution in [0, 0.1) is 6.92 Å². The summed E-state index contributed by atoms with van der Waals surface area (Å²) in [6.07, 6.45) is 2.01. The number of hydrogen-bond acceptors (Lipinski definition) is 3. The van der Waals surface area contributed by atoms with Gasteiger partial charge in [-0.15, -0.1) is 0 Å². The van der Waals surface area contributed by atoms with E-state index in [1.54, 1.807) is 13.0 Å². The van der Waals surface area contributed by atoms with Crippen molar-refractivity contribution in [2.45, 2.75) is 24.6 Å². The van der Waals surface area contributed by atoms with Crippen LogP contribution in [-0.2, 0) is 0 Å². The second-order valence-electron chi connectivity index (χ2n) is 3.79. The van der Waals surface area contributed by atoms with Gasteiger partial charge in [-0.25, -0.2) is 0 Å². The van der Waals surface area contributed by atoms with Gasteiger partial charge in [0.25, 0.3) is 5.91 Å². The molecule has 15 heavy (non-hydrogen) atoms. The van der Waals surface area contributed by atoms with E-state index in [9.17, 15) is 4.79 Å². The van der Waals surface area contributed by atoms with Crippen LogP contribution in [0.25, 0.3) is 0 Å². The molecule has 2 heterocycles. The van der Waals surface area contributed by atoms with Gasteiger partial charge < -0.3 is 9.42 Å². The van der Waals surface area contributed by atoms with E-state index in [0.717, 1.165) is 25.9 Å². The van der Waals surface area contributed by atoms with Gasteiger partial charge in [0, 0.05) is 24.0 Å². The smallest absolute Gasteiger partial charge is 0.276 e. The molecule has 1 amide bonds. The molecule has 4 nitrogen and oxygen atoms in total. The number of likely N-dealkylation sites (tertiary alicyclic amines) is 1. The Kier molecular flexibility index (Phi) is 3.09. The molecule has 0 N–H and O–H groups in total. The third-order valence-corrected chi connectivity index (χ3v) is 3.47. The Labute approximate surface area is 96.7 Å². The summed E-state index contributed by atoms with van der Waals surface area (Å²) in [6, 6.07) is 1.68. The molecule has 0 saturated carbocycles. The fourth-order valence-electron chi connectivity index (χ4n) is 1.68. The van der Waals surface area contributed by atoms with Gasteiger partial charge in [-0.1, -0.05) is 21.1 Å². The Morgan fingerprint density at radius 2 is 2.27 bits per heavy atom. The fraction of sp³-hybridized carbons (Fsp3) is 0.600. The second kappa shape index (κ2) is 4.35. The topological polar surface area (TPSA) is 46.3 Å². The van der Waals surface area contributed by atoms with Crippen LogP contribution >= 0.6 is 15.9 Å². The molecule has 0 unspecified atom stereocenters. The van der Waals surface area contributed by atoms with Gasteiger partial charge in [-0.3, -0.25) is 4.79 Å². The van der Waals surface area contributed by atoms with Crippen molar-refractivity contribution in [1.29, 1.82) is 0 Å². The van der Waals surface area contributed by atoms with Crippen LogP contribution in [-0.4, -0.2) is 33.9 Å². The summed E-state index contributed by atoms with van der Waals surface area (Å²) >= 11 is 3.55. The van der Waals surface area contributed by atoms with E-state index >= 15 is 0 Å². The van der Waals surface area contributed by atoms with Gasteiger partial charge in [-0.2, -0.15) is 0 Å². The number of amides is 1. The van der Waals surface area contributed by atoms with Crippen molar-refractivity contribution in [3.63, 3.8) is 0 Å². The van der Waals surface area contributed by atoms with E-state index in [1.807, 2.05) is 4.90 Å². The molecular weight excluding hydrogens is 260 g/mol. The maximum Gasteiger partial charge on any atom is 0.276 e. The zero-order chi connectivity index (χ0) is 10.8. The highest BCUT2D eigenvalue weighted by Crippen LogP contribution is 2.19. The van der Waals surface area contributed by atoms with E-state index in [4.69, 9.17) is 4.52 Å². The van der Waals surface area contributed by atoms with Gasteiger partial charge in [0.15, 0.2) is 5.69 Å². The predicted molar refractivity (Wildman–Crippen MR) is 59.1 cm³/mol. The van der Waals surface area contributed by atoms with E-state index in [-0.39, 0.29) is 5.91 Å². The Balaban J connectivity index is 2.02. The fourth-order valence-corrected chi connectivity index (χ4v) is 2.09. The minimum Gasteiger partial charge on any atom is -0.361 e. The van der Waals surface area contributed by atoms with Crippen LogP contribution in [0.4, 0.5) is 0 Å². The average Bonchev–Trinajstić information content (AvgIpc) is 2.65. The molecular formula is C10H13BrN2O2. The van der Waals surface area contributed by atoms with Crippen LogP contribution < -0.4 is 0 Å². The highest BCUT2D eigenvalue weighted by Gasteiger charge is 2.23. The SMILES string of the molecule is Cc1cc(C(=O)N2CCC(Br)CC2)no1. The molecule has 1 aliphatic heterocycles. The molecule has 0 spiro atoms. The second-order valence-corrected chi connectivity index (χ2v) is 5.08. The van der Waals surface area contributed by atoms with E-state index in [1.165, 1.54) is 0 Å². The molecule has 2 rings (SSSR count). The van der Waals surface area contributed by atoms with Crippen LogP contribution in [0.2, 0.25) is 0 Å². The highest BCUT2D eigenvalue weighted by molar-refractivity contribution is 9.09. The summed E-state index contributed by atoms with van der Waals surface area (Å²) < 4.78 is 4.89. The molecule has 1 fully saturated rings. The quantitative estimate of drug-likeness (QED) is 0.735. The first-order valence-corrected chi connectivity index (χ1v) is 5.95. The number of nitrogens with zero attached hydrogens (tertiary/aromatic N) is 2. The first-order valence-electron chi connectivity index (χ1n) is 5.03. The number of rotatable bonds is 1. The Bertz CT molecular complexity index is 356. The number of hydrogen-bond donors (Lipinski definition) is 0. The molecule has 0 bridgehead atoms. The standard InChI is InChI=1S/C10H13BrN2O2/c1-7-6-9(12-15-7)10(14)13-4-2-8(11)3-5-13/h6,8H,2-5H2,1H3. The lowest BCUT2D eigenvalue weighted by molar-refractivity contribution is 0.0718. The third kappa shape index (κ3) is 2.40. The number of aromatic nitrogens is 1. The number of piperidine rings is 1. The summed E-state index contributed by atoms with van der Waals surface area (Å²) in [6.45, 7) is 3.37. The molecule has 5 heteroatoms. The zero-order valence-electron chi connectivity index (χ0n) is 8.57. The minimum atomic E-state index is -0.0220. The maximum absolute atomic E-state index is 11.9. The minimum absolute atomic E-state index is 0.0220. The van der Waals surface area contributed by atoms with Crippen molar-refractivity contribution in [2.75, 3.05) is 13.1 Å². The van der Waals surface area contributed by atoms with E-state index in [0.29, 0.717) is 16.3 Å². The number of carbonyl (C=O) groups is 1. The average molecular weight is 273 g/mol. The molecule has 1 aromatic heterocycles. The third-order valence-electron chi connectivity index (χ3n) is 2.56. The highest BCUT2D eigenvalue weighted by atomic mass is 79.9. The van der Waals surface area contributed by atoms with E-state index < -0.39 is 0 Å². The van der Waals surface area contributed by atoms with Crippen molar-refractivity contribution in [2.24, 2.45) is 0 Å². The molecule has 1 saturated heterocycles. The molecule has 0 aliphatic carbocycles. The maximum atomic E-state index is 11.9. The summed E-state index contributed by atoms with van der Waals surface area (Å²) in [7, 11) is 0. The van der Waals surface area contributed by atoms with Crippen molar-refractivity contribution in [1.82, 2.24) is 10.1 Å². The van der Waals surface area contributed by atoms with Crippen molar-refractivity contribution in [3.8, 4) is 0 Å². The number of alkyl halides is 1. The molecule has 0 radical (unpaired) electrons. The lowest BCUT2D eigenvalue weighted by atomic mass is 10.1. The van der Waals surface area contributed by atoms with Gasteiger partial charge in [0.05, 0.1) is 0 Å². The van der Waals surface area contributed by atoms with Crippen LogP contribution in [0.3, 0.4) is 0 Å². The van der Waals surface area contributed by atoms with Crippen molar-refractivity contribution >= 4 is 21.8 Å². The first-order chi connectivity index (χ1) is 7.16. The van der Waals surface area contributed by atoms with Crippen LogP contribution in [0.15, 0.2) is 10.6 Å². The van der Waals surface area contributed by atoms with Gasteiger partial charge >= 0.3 is 0 Å². The lowest BCUT2D eigenvalue weighted by Gasteiger charge is -2.28. The van der Waals surface area contributed by atoms with E-state index in [2.05, 4.69) is 21.1 Å². The zero-order valence-corrected chi connectivity index (χ0v) is 10.2. The molecule has 0 atom stereocenters. The van der Waals surface area contributed by atoms with Crippen LogP contribution in [0.1, 0.15) is 29.1 Å². The molecule has 82 valence electrons. The number of halogens is 1. The summed E-state index contributed by atoms with van der Waals surface area (Å²) in [5, 5.41) is 3.73. The summed E-state index contributed by atoms with van der Waals surface area (Å²) in [5.41, 5.74) is 0.417. The number of aryl methyl sites for hydroxylation is 1. The first kappa shape index (κ1) is 10.7. The lowest BCUT2D eigenvalue weighted by Crippen LogP contribution is -2.38. The largest absolute Gasteiger partial charge is 0.361 e. The molecule has 1 aromatic rings. The molecule has 0 aromatic carbocycles. The van der Waals surface area contributed by atoms with Crippen LogP contribution in [0.5, 0.6) is 0 Å². The van der Waals surface area contributed by atoms with Crippen molar-refractivity contribution in [3.05, 3.63) is 17.5 Å². The Morgan fingerprint density at radius 3 is 2.80 bits per heavy atom.